The number of hydrogen-bond acceptors (Lipinski definition) is 3. The fourth-order valence-corrected chi connectivity index (χ4v) is 3.02. The third kappa shape index (κ3) is 4.36. The standard InChI is InChI=1S/C23H18N4O3/c28-21-19-12-5-4-7-15(19)13-20(27-21)22(29)24-17-10-6-11-18(14-17)26-23(30)25-16-8-2-1-3-9-16/h1-14H,(H,24,29)(H,27,28)(H2,25,26,30). The zero-order chi connectivity index (χ0) is 20.9. The van der Waals surface area contributed by atoms with Crippen LogP contribution in [-0.2, 0) is 0 Å². The molecular weight excluding hydrogens is 380 g/mol. The number of nitrogens with one attached hydrogen (secondary N) is 4. The monoisotopic (exact) mass is 398 g/mol. The van der Waals surface area contributed by atoms with Gasteiger partial charge in [0.05, 0.1) is 0 Å². The number of aromatic amines is 1. The van der Waals surface area contributed by atoms with Crippen LogP contribution in [0.4, 0.5) is 21.9 Å². The van der Waals surface area contributed by atoms with Crippen molar-refractivity contribution >= 4 is 39.8 Å². The number of hydrogen-bond donors (Lipinski definition) is 4. The summed E-state index contributed by atoms with van der Waals surface area (Å²) >= 11 is 0. The van der Waals surface area contributed by atoms with Crippen LogP contribution < -0.4 is 21.5 Å². The molecule has 0 aliphatic rings. The zero-order valence-electron chi connectivity index (χ0n) is 15.8. The van der Waals surface area contributed by atoms with Crippen LogP contribution in [0.5, 0.6) is 0 Å². The summed E-state index contributed by atoms with van der Waals surface area (Å²) in [6.07, 6.45) is 0. The summed E-state index contributed by atoms with van der Waals surface area (Å²) in [6, 6.07) is 24.1. The van der Waals surface area contributed by atoms with Gasteiger partial charge in [-0.15, -0.1) is 0 Å². The summed E-state index contributed by atoms with van der Waals surface area (Å²) in [4.78, 5) is 39.5. The Bertz CT molecular complexity index is 1280. The lowest BCUT2D eigenvalue weighted by Crippen LogP contribution is -2.20. The number of rotatable bonds is 4. The predicted octanol–water partition coefficient (Wildman–Crippen LogP) is 4.42. The highest BCUT2D eigenvalue weighted by molar-refractivity contribution is 6.05. The number of anilines is 3. The van der Waals surface area contributed by atoms with Gasteiger partial charge >= 0.3 is 6.03 Å². The Morgan fingerprint density at radius 3 is 2.10 bits per heavy atom. The minimum absolute atomic E-state index is 0.152. The maximum atomic E-state index is 12.6. The van der Waals surface area contributed by atoms with E-state index in [0.717, 1.165) is 0 Å². The van der Waals surface area contributed by atoms with Crippen molar-refractivity contribution in [2.24, 2.45) is 0 Å². The molecule has 3 aromatic carbocycles. The van der Waals surface area contributed by atoms with Crippen LogP contribution in [0, 0.1) is 0 Å². The maximum absolute atomic E-state index is 12.6. The molecule has 0 saturated heterocycles. The molecule has 0 unspecified atom stereocenters. The summed E-state index contributed by atoms with van der Waals surface area (Å²) in [5, 5.41) is 9.37. The van der Waals surface area contributed by atoms with Crippen molar-refractivity contribution in [2.75, 3.05) is 16.0 Å². The van der Waals surface area contributed by atoms with Gasteiger partial charge in [0.1, 0.15) is 5.69 Å². The Morgan fingerprint density at radius 2 is 1.30 bits per heavy atom. The molecule has 1 aromatic heterocycles. The van der Waals surface area contributed by atoms with Crippen LogP contribution in [-0.4, -0.2) is 16.9 Å². The second-order valence-corrected chi connectivity index (χ2v) is 6.58. The number of pyridine rings is 1. The average molecular weight is 398 g/mol. The van der Waals surface area contributed by atoms with Crippen LogP contribution in [0.2, 0.25) is 0 Å². The summed E-state index contributed by atoms with van der Waals surface area (Å²) in [5.41, 5.74) is 1.48. The minimum Gasteiger partial charge on any atom is -0.321 e. The number of amides is 3. The molecule has 0 aliphatic carbocycles. The Balaban J connectivity index is 1.47. The van der Waals surface area contributed by atoms with Gasteiger partial charge < -0.3 is 20.9 Å². The topological polar surface area (TPSA) is 103 Å². The number of carbonyl (C=O) groups is 2. The highest BCUT2D eigenvalue weighted by Crippen LogP contribution is 2.17. The van der Waals surface area contributed by atoms with Crippen LogP contribution in [0.25, 0.3) is 10.8 Å². The summed E-state index contributed by atoms with van der Waals surface area (Å²) in [7, 11) is 0. The van der Waals surface area contributed by atoms with Gasteiger partial charge in [0, 0.05) is 22.4 Å². The van der Waals surface area contributed by atoms with E-state index >= 15 is 0 Å². The third-order valence-electron chi connectivity index (χ3n) is 4.41. The normalized spacial score (nSPS) is 10.4. The van der Waals surface area contributed by atoms with Gasteiger partial charge in [-0.25, -0.2) is 4.79 Å². The molecule has 3 amide bonds. The molecule has 4 rings (SSSR count). The lowest BCUT2D eigenvalue weighted by atomic mass is 10.1. The number of benzene rings is 3. The molecule has 0 radical (unpaired) electrons. The first-order valence-corrected chi connectivity index (χ1v) is 9.25. The van der Waals surface area contributed by atoms with Crippen molar-refractivity contribution in [3.05, 3.63) is 101 Å². The van der Waals surface area contributed by atoms with E-state index in [1.54, 1.807) is 66.7 Å². The highest BCUT2D eigenvalue weighted by Gasteiger charge is 2.11. The van der Waals surface area contributed by atoms with Gasteiger partial charge in [-0.1, -0.05) is 42.5 Å². The number of fused-ring (bicyclic) bond motifs is 1. The fraction of sp³-hybridized carbons (Fsp3) is 0. The van der Waals surface area contributed by atoms with Crippen LogP contribution >= 0.6 is 0 Å². The first-order valence-electron chi connectivity index (χ1n) is 9.25. The molecule has 7 heteroatoms. The molecule has 0 atom stereocenters. The van der Waals surface area contributed by atoms with Crippen molar-refractivity contribution in [3.8, 4) is 0 Å². The largest absolute Gasteiger partial charge is 0.323 e. The second kappa shape index (κ2) is 8.32. The SMILES string of the molecule is O=C(Nc1ccccc1)Nc1cccc(NC(=O)c2cc3ccccc3c(=O)[nH]2)c1. The first kappa shape index (κ1) is 18.9. The highest BCUT2D eigenvalue weighted by atomic mass is 16.2. The van der Waals surface area contributed by atoms with E-state index in [4.69, 9.17) is 0 Å². The smallest absolute Gasteiger partial charge is 0.321 e. The van der Waals surface area contributed by atoms with Gasteiger partial charge in [-0.3, -0.25) is 9.59 Å². The molecular formula is C23H18N4O3. The molecule has 0 fully saturated rings. The van der Waals surface area contributed by atoms with Crippen LogP contribution in [0.3, 0.4) is 0 Å². The second-order valence-electron chi connectivity index (χ2n) is 6.58. The Kier molecular flexibility index (Phi) is 5.25. The van der Waals surface area contributed by atoms with Crippen molar-refractivity contribution < 1.29 is 9.59 Å². The predicted molar refractivity (Wildman–Crippen MR) is 118 cm³/mol. The molecule has 148 valence electrons. The van der Waals surface area contributed by atoms with E-state index in [9.17, 15) is 14.4 Å². The van der Waals surface area contributed by atoms with E-state index < -0.39 is 11.9 Å². The summed E-state index contributed by atoms with van der Waals surface area (Å²) in [6.45, 7) is 0. The van der Waals surface area contributed by atoms with Crippen LogP contribution in [0.1, 0.15) is 10.5 Å². The Hall–Kier alpha value is -4.39. The van der Waals surface area contributed by atoms with Gasteiger partial charge in [0.15, 0.2) is 0 Å². The summed E-state index contributed by atoms with van der Waals surface area (Å²) < 4.78 is 0. The number of para-hydroxylation sites is 1. The van der Waals surface area contributed by atoms with E-state index in [2.05, 4.69) is 20.9 Å². The van der Waals surface area contributed by atoms with Crippen molar-refractivity contribution in [1.29, 1.82) is 0 Å². The van der Waals surface area contributed by atoms with Gasteiger partial charge in [-0.2, -0.15) is 0 Å². The van der Waals surface area contributed by atoms with Gasteiger partial charge in [-0.05, 0) is 47.9 Å². The molecule has 4 aromatic rings. The van der Waals surface area contributed by atoms with Crippen molar-refractivity contribution in [3.63, 3.8) is 0 Å². The third-order valence-corrected chi connectivity index (χ3v) is 4.41. The van der Waals surface area contributed by atoms with Crippen LogP contribution in [0.15, 0.2) is 89.7 Å². The van der Waals surface area contributed by atoms with E-state index in [1.807, 2.05) is 18.2 Å². The maximum Gasteiger partial charge on any atom is 0.323 e. The molecule has 0 spiro atoms. The minimum atomic E-state index is -0.455. The lowest BCUT2D eigenvalue weighted by Gasteiger charge is -2.10. The average Bonchev–Trinajstić information content (AvgIpc) is 2.74. The molecule has 0 saturated carbocycles. The first-order chi connectivity index (χ1) is 14.6. The molecule has 1 heterocycles. The number of urea groups is 1. The number of aromatic nitrogens is 1. The molecule has 4 N–H and O–H groups in total. The van der Waals surface area contributed by atoms with Crippen molar-refractivity contribution in [1.82, 2.24) is 4.98 Å². The van der Waals surface area contributed by atoms with E-state index in [1.165, 1.54) is 0 Å². The van der Waals surface area contributed by atoms with Gasteiger partial charge in [0.25, 0.3) is 11.5 Å². The quantitative estimate of drug-likeness (QED) is 0.409. The van der Waals surface area contributed by atoms with E-state index in [0.29, 0.717) is 27.8 Å². The number of carbonyl (C=O) groups excluding carboxylic acids is 2. The molecule has 0 aliphatic heterocycles. The Labute approximate surface area is 171 Å². The molecule has 0 bridgehead atoms. The molecule has 30 heavy (non-hydrogen) atoms. The summed E-state index contributed by atoms with van der Waals surface area (Å²) in [5.74, 6) is -0.455. The van der Waals surface area contributed by atoms with Gasteiger partial charge in [0.2, 0.25) is 0 Å². The zero-order valence-corrected chi connectivity index (χ0v) is 15.8. The fourth-order valence-electron chi connectivity index (χ4n) is 3.02. The van der Waals surface area contributed by atoms with Crippen molar-refractivity contribution in [2.45, 2.75) is 0 Å². The number of H-pyrrole nitrogens is 1. The Morgan fingerprint density at radius 1 is 0.667 bits per heavy atom. The molecule has 7 nitrogen and oxygen atoms in total. The van der Waals surface area contributed by atoms with E-state index in [-0.39, 0.29) is 11.3 Å². The lowest BCUT2D eigenvalue weighted by molar-refractivity contribution is 0.102.